The third kappa shape index (κ3) is 4.35. The molecule has 6 nitrogen and oxygen atoms in total. The van der Waals surface area contributed by atoms with Crippen LogP contribution in [-0.2, 0) is 4.79 Å². The molecule has 2 aliphatic rings. The Balaban J connectivity index is 1.34. The van der Waals surface area contributed by atoms with Gasteiger partial charge in [0, 0.05) is 37.3 Å². The molecule has 1 amide bonds. The number of likely N-dealkylation sites (tertiary alicyclic amines) is 1. The average Bonchev–Trinajstić information content (AvgIpc) is 3.36. The summed E-state index contributed by atoms with van der Waals surface area (Å²) in [5.41, 5.74) is 0. The van der Waals surface area contributed by atoms with Crippen LogP contribution >= 0.6 is 0 Å². The van der Waals surface area contributed by atoms with E-state index in [-0.39, 0.29) is 17.8 Å². The molecule has 4 rings (SSSR count). The van der Waals surface area contributed by atoms with E-state index in [1.54, 1.807) is 24.4 Å². The van der Waals surface area contributed by atoms with E-state index in [9.17, 15) is 9.18 Å². The Bertz CT molecular complexity index is 793. The van der Waals surface area contributed by atoms with Gasteiger partial charge < -0.3 is 15.0 Å². The van der Waals surface area contributed by atoms with Crippen molar-refractivity contribution in [2.24, 2.45) is 5.92 Å². The first kappa shape index (κ1) is 17.7. The van der Waals surface area contributed by atoms with Gasteiger partial charge in [0.25, 0.3) is 0 Å². The molecule has 1 aliphatic carbocycles. The van der Waals surface area contributed by atoms with Crippen molar-refractivity contribution in [3.63, 3.8) is 0 Å². The van der Waals surface area contributed by atoms with Crippen LogP contribution in [0.25, 0.3) is 0 Å². The fraction of sp³-hybridized carbons (Fsp3) is 0.450. The Kier molecular flexibility index (Phi) is 5.18. The summed E-state index contributed by atoms with van der Waals surface area (Å²) in [4.78, 5) is 23.1. The molecule has 1 aliphatic heterocycles. The highest BCUT2D eigenvalue weighted by molar-refractivity contribution is 5.79. The van der Waals surface area contributed by atoms with Gasteiger partial charge in [-0.1, -0.05) is 12.8 Å². The Morgan fingerprint density at radius 1 is 1.15 bits per heavy atom. The summed E-state index contributed by atoms with van der Waals surface area (Å²) in [7, 11) is 0. The number of nitrogens with one attached hydrogen (secondary N) is 1. The van der Waals surface area contributed by atoms with Gasteiger partial charge in [-0.3, -0.25) is 4.79 Å². The van der Waals surface area contributed by atoms with Crippen molar-refractivity contribution in [3.05, 3.63) is 42.3 Å². The number of benzene rings is 1. The summed E-state index contributed by atoms with van der Waals surface area (Å²) in [5, 5.41) is 3.30. The van der Waals surface area contributed by atoms with Gasteiger partial charge in [0.1, 0.15) is 11.6 Å². The van der Waals surface area contributed by atoms with Crippen molar-refractivity contribution in [2.75, 3.05) is 18.4 Å². The zero-order valence-electron chi connectivity index (χ0n) is 15.1. The van der Waals surface area contributed by atoms with Crippen molar-refractivity contribution in [2.45, 2.75) is 38.1 Å². The predicted octanol–water partition coefficient (Wildman–Crippen LogP) is 3.61. The van der Waals surface area contributed by atoms with Crippen LogP contribution in [0.5, 0.6) is 11.6 Å². The van der Waals surface area contributed by atoms with Crippen molar-refractivity contribution < 1.29 is 13.9 Å². The quantitative estimate of drug-likeness (QED) is 0.871. The van der Waals surface area contributed by atoms with Crippen molar-refractivity contribution in [1.82, 2.24) is 14.9 Å². The van der Waals surface area contributed by atoms with Gasteiger partial charge in [0.05, 0.1) is 0 Å². The maximum absolute atomic E-state index is 13.0. The van der Waals surface area contributed by atoms with Gasteiger partial charge in [-0.25, -0.2) is 9.37 Å². The number of anilines is 1. The van der Waals surface area contributed by atoms with Crippen LogP contribution in [0.4, 0.5) is 10.3 Å². The lowest BCUT2D eigenvalue weighted by atomic mass is 10.1. The third-order valence-corrected chi connectivity index (χ3v) is 5.20. The molecule has 2 fully saturated rings. The fourth-order valence-electron chi connectivity index (χ4n) is 3.78. The highest BCUT2D eigenvalue weighted by atomic mass is 19.1. The van der Waals surface area contributed by atoms with Gasteiger partial charge in [0.15, 0.2) is 0 Å². The smallest absolute Gasteiger partial charge is 0.226 e. The minimum Gasteiger partial charge on any atom is -0.439 e. The Morgan fingerprint density at radius 3 is 2.70 bits per heavy atom. The zero-order chi connectivity index (χ0) is 18.6. The largest absolute Gasteiger partial charge is 0.439 e. The first-order chi connectivity index (χ1) is 13.2. The van der Waals surface area contributed by atoms with Crippen LogP contribution in [0.2, 0.25) is 0 Å². The molecule has 7 heteroatoms. The first-order valence-corrected chi connectivity index (χ1v) is 9.49. The molecule has 2 heterocycles. The normalized spacial score (nSPS) is 20.0. The lowest BCUT2D eigenvalue weighted by Crippen LogP contribution is -2.35. The zero-order valence-corrected chi connectivity index (χ0v) is 15.1. The van der Waals surface area contributed by atoms with Gasteiger partial charge >= 0.3 is 0 Å². The highest BCUT2D eigenvalue weighted by Gasteiger charge is 2.32. The molecule has 1 saturated heterocycles. The number of amides is 1. The Morgan fingerprint density at radius 2 is 1.93 bits per heavy atom. The maximum Gasteiger partial charge on any atom is 0.226 e. The number of carbonyl (C=O) groups is 1. The van der Waals surface area contributed by atoms with E-state index >= 15 is 0 Å². The molecule has 1 N–H and O–H groups in total. The first-order valence-electron chi connectivity index (χ1n) is 9.49. The lowest BCUT2D eigenvalue weighted by molar-refractivity contribution is -0.134. The summed E-state index contributed by atoms with van der Waals surface area (Å²) in [5.74, 6) is 1.56. The minimum absolute atomic E-state index is 0.136. The summed E-state index contributed by atoms with van der Waals surface area (Å²) < 4.78 is 18.6. The van der Waals surface area contributed by atoms with Crippen molar-refractivity contribution >= 4 is 11.9 Å². The van der Waals surface area contributed by atoms with Crippen LogP contribution in [0.1, 0.15) is 32.1 Å². The van der Waals surface area contributed by atoms with Crippen LogP contribution in [-0.4, -0.2) is 39.9 Å². The second-order valence-corrected chi connectivity index (χ2v) is 7.17. The van der Waals surface area contributed by atoms with Gasteiger partial charge in [-0.15, -0.1) is 0 Å². The van der Waals surface area contributed by atoms with Crippen LogP contribution < -0.4 is 10.1 Å². The topological polar surface area (TPSA) is 67.4 Å². The van der Waals surface area contributed by atoms with Crippen LogP contribution in [0, 0.1) is 11.7 Å². The minimum atomic E-state index is -0.315. The molecule has 1 aromatic heterocycles. The van der Waals surface area contributed by atoms with E-state index in [1.165, 1.54) is 25.0 Å². The van der Waals surface area contributed by atoms with E-state index in [2.05, 4.69) is 15.3 Å². The van der Waals surface area contributed by atoms with E-state index in [1.807, 2.05) is 4.90 Å². The number of carbonyl (C=O) groups excluding carboxylic acids is 1. The van der Waals surface area contributed by atoms with Crippen LogP contribution in [0.3, 0.4) is 0 Å². The number of nitrogens with zero attached hydrogens (tertiary/aromatic N) is 3. The van der Waals surface area contributed by atoms with E-state index in [0.717, 1.165) is 25.8 Å². The molecule has 0 radical (unpaired) electrons. The monoisotopic (exact) mass is 370 g/mol. The number of halogens is 1. The standard InChI is InChI=1S/C20H23FN4O2/c21-15-5-7-17(8-6-15)27-18-9-11-22-20(24-18)23-16-10-12-25(13-16)19(26)14-3-1-2-4-14/h5-9,11,14,16H,1-4,10,12-13H2,(H,22,23,24). The van der Waals surface area contributed by atoms with E-state index in [4.69, 9.17) is 4.74 Å². The third-order valence-electron chi connectivity index (χ3n) is 5.20. The number of aromatic nitrogens is 2. The average molecular weight is 370 g/mol. The molecule has 0 spiro atoms. The molecule has 1 saturated carbocycles. The summed E-state index contributed by atoms with van der Waals surface area (Å²) in [6, 6.07) is 7.56. The van der Waals surface area contributed by atoms with Crippen LogP contribution in [0.15, 0.2) is 36.5 Å². The van der Waals surface area contributed by atoms with Gasteiger partial charge in [0.2, 0.25) is 17.7 Å². The van der Waals surface area contributed by atoms with Gasteiger partial charge in [-0.05, 0) is 43.5 Å². The second-order valence-electron chi connectivity index (χ2n) is 7.17. The Labute approximate surface area is 157 Å². The van der Waals surface area contributed by atoms with Gasteiger partial charge in [-0.2, -0.15) is 4.98 Å². The SMILES string of the molecule is O=C(C1CCCC1)N1CCC(Nc2nccc(Oc3ccc(F)cc3)n2)C1. The molecular formula is C20H23FN4O2. The molecule has 142 valence electrons. The number of hydrogen-bond donors (Lipinski definition) is 1. The maximum atomic E-state index is 13.0. The molecule has 0 bridgehead atoms. The molecule has 1 atom stereocenters. The highest BCUT2D eigenvalue weighted by Crippen LogP contribution is 2.28. The number of hydrogen-bond acceptors (Lipinski definition) is 5. The predicted molar refractivity (Wildman–Crippen MR) is 99.1 cm³/mol. The lowest BCUT2D eigenvalue weighted by Gasteiger charge is -2.20. The van der Waals surface area contributed by atoms with Crippen molar-refractivity contribution in [3.8, 4) is 11.6 Å². The van der Waals surface area contributed by atoms with Crippen molar-refractivity contribution in [1.29, 1.82) is 0 Å². The van der Waals surface area contributed by atoms with E-state index < -0.39 is 0 Å². The van der Waals surface area contributed by atoms with E-state index in [0.29, 0.717) is 30.0 Å². The summed E-state index contributed by atoms with van der Waals surface area (Å²) in [6.45, 7) is 1.46. The summed E-state index contributed by atoms with van der Waals surface area (Å²) >= 11 is 0. The summed E-state index contributed by atoms with van der Waals surface area (Å²) in [6.07, 6.45) is 6.88. The number of ether oxygens (including phenoxy) is 1. The molecule has 2 aromatic rings. The Hall–Kier alpha value is -2.70. The second kappa shape index (κ2) is 7.90. The number of rotatable bonds is 5. The molecule has 1 unspecified atom stereocenters. The molecule has 27 heavy (non-hydrogen) atoms. The molecular weight excluding hydrogens is 347 g/mol. The molecule has 1 aromatic carbocycles. The fourth-order valence-corrected chi connectivity index (χ4v) is 3.78.